The van der Waals surface area contributed by atoms with Crippen molar-refractivity contribution in [1.29, 1.82) is 0 Å². The molecule has 0 bridgehead atoms. The van der Waals surface area contributed by atoms with Crippen LogP contribution in [0.25, 0.3) is 11.3 Å². The van der Waals surface area contributed by atoms with Crippen molar-refractivity contribution < 1.29 is 14.3 Å². The molecule has 1 amide bonds. The van der Waals surface area contributed by atoms with Gasteiger partial charge in [0.25, 0.3) is 0 Å². The van der Waals surface area contributed by atoms with Crippen LogP contribution in [0, 0.1) is 5.41 Å². The minimum Gasteiger partial charge on any atom is -0.497 e. The van der Waals surface area contributed by atoms with E-state index < -0.39 is 5.41 Å². The number of methoxy groups -OCH3 is 2. The summed E-state index contributed by atoms with van der Waals surface area (Å²) in [5.41, 5.74) is 1.11. The number of aromatic nitrogens is 1. The van der Waals surface area contributed by atoms with E-state index in [1.54, 1.807) is 14.2 Å². The Morgan fingerprint density at radius 2 is 1.95 bits per heavy atom. The number of benzene rings is 1. The normalized spacial score (nSPS) is 11.1. The van der Waals surface area contributed by atoms with Crippen LogP contribution in [-0.4, -0.2) is 25.1 Å². The second kappa shape index (κ2) is 6.36. The average Bonchev–Trinajstić information content (AvgIpc) is 2.94. The number of carbonyl (C=O) groups excluding carboxylic acids is 1. The number of ether oxygens (including phenoxy) is 2. The van der Waals surface area contributed by atoms with E-state index in [4.69, 9.17) is 9.47 Å². The summed E-state index contributed by atoms with van der Waals surface area (Å²) >= 11 is 1.38. The number of rotatable bonds is 4. The van der Waals surface area contributed by atoms with E-state index in [1.807, 2.05) is 44.4 Å². The maximum absolute atomic E-state index is 12.0. The van der Waals surface area contributed by atoms with Crippen molar-refractivity contribution in [3.05, 3.63) is 23.6 Å². The van der Waals surface area contributed by atoms with E-state index in [2.05, 4.69) is 10.3 Å². The third-order valence-corrected chi connectivity index (χ3v) is 3.85. The van der Waals surface area contributed by atoms with Crippen molar-refractivity contribution in [2.24, 2.45) is 5.41 Å². The van der Waals surface area contributed by atoms with Gasteiger partial charge in [-0.25, -0.2) is 4.98 Å². The molecular formula is C16H20N2O3S. The van der Waals surface area contributed by atoms with Crippen LogP contribution in [0.3, 0.4) is 0 Å². The number of hydrogen-bond acceptors (Lipinski definition) is 5. The lowest BCUT2D eigenvalue weighted by atomic mass is 9.96. The van der Waals surface area contributed by atoms with Crippen molar-refractivity contribution in [2.75, 3.05) is 19.5 Å². The topological polar surface area (TPSA) is 60.5 Å². The lowest BCUT2D eigenvalue weighted by Gasteiger charge is -2.15. The molecule has 0 aliphatic heterocycles. The Morgan fingerprint density at radius 3 is 2.55 bits per heavy atom. The van der Waals surface area contributed by atoms with Gasteiger partial charge in [0.05, 0.1) is 19.9 Å². The number of carbonyl (C=O) groups is 1. The second-order valence-electron chi connectivity index (χ2n) is 5.81. The van der Waals surface area contributed by atoms with E-state index in [0.29, 0.717) is 10.9 Å². The van der Waals surface area contributed by atoms with Gasteiger partial charge in [0, 0.05) is 16.4 Å². The zero-order valence-corrected chi connectivity index (χ0v) is 14.2. The number of nitrogens with zero attached hydrogens (tertiary/aromatic N) is 1. The van der Waals surface area contributed by atoms with Gasteiger partial charge in [-0.05, 0) is 18.2 Å². The molecule has 5 nitrogen and oxygen atoms in total. The van der Waals surface area contributed by atoms with Crippen LogP contribution >= 0.6 is 11.3 Å². The molecule has 2 aromatic rings. The van der Waals surface area contributed by atoms with Gasteiger partial charge in [-0.15, -0.1) is 11.3 Å². The molecule has 0 saturated heterocycles. The number of hydrogen-bond donors (Lipinski definition) is 1. The van der Waals surface area contributed by atoms with Gasteiger partial charge in [-0.1, -0.05) is 20.8 Å². The predicted molar refractivity (Wildman–Crippen MR) is 88.7 cm³/mol. The minimum atomic E-state index is -0.459. The largest absolute Gasteiger partial charge is 0.497 e. The Bertz CT molecular complexity index is 674. The summed E-state index contributed by atoms with van der Waals surface area (Å²) in [4.78, 5) is 16.5. The molecule has 1 N–H and O–H groups in total. The molecule has 0 saturated carbocycles. The maximum Gasteiger partial charge on any atom is 0.231 e. The van der Waals surface area contributed by atoms with Crippen molar-refractivity contribution in [2.45, 2.75) is 20.8 Å². The highest BCUT2D eigenvalue weighted by molar-refractivity contribution is 7.14. The van der Waals surface area contributed by atoms with Gasteiger partial charge in [0.1, 0.15) is 11.5 Å². The van der Waals surface area contributed by atoms with Gasteiger partial charge < -0.3 is 14.8 Å². The summed E-state index contributed by atoms with van der Waals surface area (Å²) in [6.45, 7) is 5.59. The quantitative estimate of drug-likeness (QED) is 0.930. The molecule has 1 aromatic heterocycles. The molecule has 0 aliphatic rings. The molecule has 0 fully saturated rings. The molecule has 118 valence electrons. The van der Waals surface area contributed by atoms with Crippen LogP contribution in [0.5, 0.6) is 11.5 Å². The van der Waals surface area contributed by atoms with Crippen LogP contribution in [0.2, 0.25) is 0 Å². The Balaban J connectivity index is 2.30. The Morgan fingerprint density at radius 1 is 1.23 bits per heavy atom. The Kier molecular flexibility index (Phi) is 4.71. The highest BCUT2D eigenvalue weighted by Crippen LogP contribution is 2.35. The number of amides is 1. The monoisotopic (exact) mass is 320 g/mol. The number of thiazole rings is 1. The SMILES string of the molecule is COc1ccc(OC)c(-c2csc(NC(=O)C(C)(C)C)n2)c1. The van der Waals surface area contributed by atoms with Gasteiger partial charge in [0.2, 0.25) is 5.91 Å². The molecule has 0 spiro atoms. The highest BCUT2D eigenvalue weighted by atomic mass is 32.1. The third-order valence-electron chi connectivity index (χ3n) is 3.09. The minimum absolute atomic E-state index is 0.0639. The van der Waals surface area contributed by atoms with Gasteiger partial charge >= 0.3 is 0 Å². The molecule has 2 rings (SSSR count). The molecule has 22 heavy (non-hydrogen) atoms. The zero-order chi connectivity index (χ0) is 16.3. The van der Waals surface area contributed by atoms with Crippen LogP contribution in [0.4, 0.5) is 5.13 Å². The first-order chi connectivity index (χ1) is 10.3. The first kappa shape index (κ1) is 16.3. The summed E-state index contributed by atoms with van der Waals surface area (Å²) in [7, 11) is 3.22. The molecule has 1 aromatic carbocycles. The fourth-order valence-electron chi connectivity index (χ4n) is 1.75. The summed E-state index contributed by atoms with van der Waals surface area (Å²) in [6, 6.07) is 5.53. The van der Waals surface area contributed by atoms with E-state index in [1.165, 1.54) is 11.3 Å². The van der Waals surface area contributed by atoms with Crippen molar-refractivity contribution in [1.82, 2.24) is 4.98 Å². The average molecular weight is 320 g/mol. The van der Waals surface area contributed by atoms with Gasteiger partial charge in [0.15, 0.2) is 5.13 Å². The molecule has 0 atom stereocenters. The summed E-state index contributed by atoms with van der Waals surface area (Å²) < 4.78 is 10.6. The van der Waals surface area contributed by atoms with Gasteiger partial charge in [-0.2, -0.15) is 0 Å². The van der Waals surface area contributed by atoms with Crippen LogP contribution in [0.1, 0.15) is 20.8 Å². The van der Waals surface area contributed by atoms with E-state index in [9.17, 15) is 4.79 Å². The Hall–Kier alpha value is -2.08. The van der Waals surface area contributed by atoms with Gasteiger partial charge in [-0.3, -0.25) is 4.79 Å². The number of nitrogens with one attached hydrogen (secondary N) is 1. The lowest BCUT2D eigenvalue weighted by Crippen LogP contribution is -2.27. The first-order valence-corrected chi connectivity index (χ1v) is 7.72. The van der Waals surface area contributed by atoms with Crippen molar-refractivity contribution >= 4 is 22.4 Å². The fraction of sp³-hybridized carbons (Fsp3) is 0.375. The second-order valence-corrected chi connectivity index (χ2v) is 6.67. The van der Waals surface area contributed by atoms with E-state index in [0.717, 1.165) is 17.0 Å². The summed E-state index contributed by atoms with van der Waals surface area (Å²) in [6.07, 6.45) is 0. The van der Waals surface area contributed by atoms with E-state index in [-0.39, 0.29) is 5.91 Å². The molecule has 6 heteroatoms. The summed E-state index contributed by atoms with van der Waals surface area (Å²) in [5, 5.41) is 5.29. The maximum atomic E-state index is 12.0. The molecule has 1 heterocycles. The highest BCUT2D eigenvalue weighted by Gasteiger charge is 2.22. The molecule has 0 unspecified atom stereocenters. The Labute approximate surface area is 134 Å². The molecule has 0 radical (unpaired) electrons. The van der Waals surface area contributed by atoms with E-state index >= 15 is 0 Å². The van der Waals surface area contributed by atoms with Crippen molar-refractivity contribution in [3.63, 3.8) is 0 Å². The van der Waals surface area contributed by atoms with Crippen LogP contribution in [0.15, 0.2) is 23.6 Å². The summed E-state index contributed by atoms with van der Waals surface area (Å²) in [5.74, 6) is 1.37. The van der Waals surface area contributed by atoms with Crippen LogP contribution in [-0.2, 0) is 4.79 Å². The third kappa shape index (κ3) is 3.57. The fourth-order valence-corrected chi connectivity index (χ4v) is 2.46. The predicted octanol–water partition coefficient (Wildman–Crippen LogP) is 3.81. The molecular weight excluding hydrogens is 300 g/mol. The zero-order valence-electron chi connectivity index (χ0n) is 13.4. The standard InChI is InChI=1S/C16H20N2O3S/c1-16(2,3)14(19)18-15-17-12(9-22-15)11-8-10(20-4)6-7-13(11)21-5/h6-9H,1-5H3,(H,17,18,19). The molecule has 0 aliphatic carbocycles. The van der Waals surface area contributed by atoms with Crippen molar-refractivity contribution in [3.8, 4) is 22.8 Å². The smallest absolute Gasteiger partial charge is 0.231 e. The lowest BCUT2D eigenvalue weighted by molar-refractivity contribution is -0.123. The van der Waals surface area contributed by atoms with Crippen LogP contribution < -0.4 is 14.8 Å². The first-order valence-electron chi connectivity index (χ1n) is 6.84. The number of anilines is 1.